The van der Waals surface area contributed by atoms with E-state index in [-0.39, 0.29) is 11.7 Å². The zero-order valence-electron chi connectivity index (χ0n) is 13.8. The molecule has 2 aliphatic rings. The van der Waals surface area contributed by atoms with E-state index >= 15 is 0 Å². The summed E-state index contributed by atoms with van der Waals surface area (Å²) in [4.78, 5) is 24.7. The van der Waals surface area contributed by atoms with Gasteiger partial charge in [-0.05, 0) is 39.0 Å². The van der Waals surface area contributed by atoms with Gasteiger partial charge in [0.2, 0.25) is 5.82 Å². The lowest BCUT2D eigenvalue weighted by molar-refractivity contribution is 0.0693. The van der Waals surface area contributed by atoms with Crippen molar-refractivity contribution in [2.45, 2.75) is 31.8 Å². The van der Waals surface area contributed by atoms with E-state index in [1.165, 1.54) is 0 Å². The number of hydrogen-bond acceptors (Lipinski definition) is 6. The Hall–Kier alpha value is -2.35. The number of amides is 1. The number of piperidine rings is 1. The van der Waals surface area contributed by atoms with Crippen molar-refractivity contribution in [1.82, 2.24) is 34.5 Å². The van der Waals surface area contributed by atoms with Crippen LogP contribution in [-0.2, 0) is 13.1 Å². The third kappa shape index (κ3) is 2.77. The standard InChI is InChI=1S/C16H21N7O/c1-21-7-3-12(4-8-21)15-20-19-13-11-22(9-10-23(13)15)16(24)14-17-5-2-6-18-14/h2,5-6,12H,3-4,7-11H2,1H3. The molecule has 4 rings (SSSR count). The lowest BCUT2D eigenvalue weighted by Crippen LogP contribution is -2.40. The van der Waals surface area contributed by atoms with Crippen molar-refractivity contribution in [3.8, 4) is 0 Å². The van der Waals surface area contributed by atoms with Crippen LogP contribution in [0.5, 0.6) is 0 Å². The van der Waals surface area contributed by atoms with Crippen LogP contribution in [0.25, 0.3) is 0 Å². The predicted octanol–water partition coefficient (Wildman–Crippen LogP) is 0.533. The molecule has 0 aromatic carbocycles. The number of fused-ring (bicyclic) bond motifs is 1. The summed E-state index contributed by atoms with van der Waals surface area (Å²) in [6.07, 6.45) is 5.42. The third-order valence-electron chi connectivity index (χ3n) is 4.91. The molecule has 0 N–H and O–H groups in total. The molecular weight excluding hydrogens is 306 g/mol. The van der Waals surface area contributed by atoms with Crippen LogP contribution >= 0.6 is 0 Å². The highest BCUT2D eigenvalue weighted by atomic mass is 16.2. The molecule has 0 unspecified atom stereocenters. The van der Waals surface area contributed by atoms with Gasteiger partial charge in [0.05, 0.1) is 6.54 Å². The Bertz CT molecular complexity index is 721. The fourth-order valence-electron chi connectivity index (χ4n) is 3.47. The molecule has 24 heavy (non-hydrogen) atoms. The molecule has 1 saturated heterocycles. The number of rotatable bonds is 2. The molecule has 1 amide bonds. The highest BCUT2D eigenvalue weighted by Crippen LogP contribution is 2.28. The van der Waals surface area contributed by atoms with Crippen molar-refractivity contribution in [3.63, 3.8) is 0 Å². The first kappa shape index (κ1) is 15.2. The third-order valence-corrected chi connectivity index (χ3v) is 4.91. The maximum atomic E-state index is 12.5. The molecule has 0 spiro atoms. The van der Waals surface area contributed by atoms with E-state index < -0.39 is 0 Å². The van der Waals surface area contributed by atoms with Crippen LogP contribution in [0.2, 0.25) is 0 Å². The second-order valence-corrected chi connectivity index (χ2v) is 6.50. The Morgan fingerprint density at radius 3 is 2.58 bits per heavy atom. The molecule has 126 valence electrons. The van der Waals surface area contributed by atoms with Gasteiger partial charge >= 0.3 is 0 Å². The largest absolute Gasteiger partial charge is 0.327 e. The Kier molecular flexibility index (Phi) is 3.97. The number of likely N-dealkylation sites (tertiary alicyclic amines) is 1. The number of nitrogens with zero attached hydrogens (tertiary/aromatic N) is 7. The van der Waals surface area contributed by atoms with Crippen molar-refractivity contribution in [1.29, 1.82) is 0 Å². The first-order chi connectivity index (χ1) is 11.7. The van der Waals surface area contributed by atoms with E-state index in [0.717, 1.165) is 44.1 Å². The Morgan fingerprint density at radius 2 is 1.83 bits per heavy atom. The molecule has 8 nitrogen and oxygen atoms in total. The zero-order valence-corrected chi connectivity index (χ0v) is 13.8. The highest BCUT2D eigenvalue weighted by molar-refractivity contribution is 5.90. The van der Waals surface area contributed by atoms with Crippen LogP contribution in [0.4, 0.5) is 0 Å². The van der Waals surface area contributed by atoms with Crippen molar-refractivity contribution in [2.75, 3.05) is 26.7 Å². The van der Waals surface area contributed by atoms with Gasteiger partial charge in [-0.3, -0.25) is 4.79 Å². The van der Waals surface area contributed by atoms with Crippen LogP contribution in [0.3, 0.4) is 0 Å². The Morgan fingerprint density at radius 1 is 1.08 bits per heavy atom. The van der Waals surface area contributed by atoms with E-state index in [1.54, 1.807) is 23.4 Å². The quantitative estimate of drug-likeness (QED) is 0.801. The number of aromatic nitrogens is 5. The molecule has 0 bridgehead atoms. The molecule has 2 aromatic heterocycles. The molecule has 8 heteroatoms. The summed E-state index contributed by atoms with van der Waals surface area (Å²) < 4.78 is 2.20. The van der Waals surface area contributed by atoms with Gasteiger partial charge in [0.25, 0.3) is 5.91 Å². The molecule has 4 heterocycles. The second-order valence-electron chi connectivity index (χ2n) is 6.50. The summed E-state index contributed by atoms with van der Waals surface area (Å²) >= 11 is 0. The minimum absolute atomic E-state index is 0.148. The average molecular weight is 327 g/mol. The number of carbonyl (C=O) groups excluding carboxylic acids is 1. The highest BCUT2D eigenvalue weighted by Gasteiger charge is 2.30. The van der Waals surface area contributed by atoms with Crippen LogP contribution in [0.1, 0.15) is 41.0 Å². The summed E-state index contributed by atoms with van der Waals surface area (Å²) in [6, 6.07) is 1.71. The summed E-state index contributed by atoms with van der Waals surface area (Å²) in [6.45, 7) is 4.05. The van der Waals surface area contributed by atoms with Gasteiger partial charge in [-0.1, -0.05) is 0 Å². The second kappa shape index (κ2) is 6.27. The van der Waals surface area contributed by atoms with Crippen LogP contribution in [0.15, 0.2) is 18.5 Å². The van der Waals surface area contributed by atoms with Gasteiger partial charge in [-0.2, -0.15) is 0 Å². The van der Waals surface area contributed by atoms with Gasteiger partial charge in [-0.25, -0.2) is 9.97 Å². The van der Waals surface area contributed by atoms with Crippen LogP contribution < -0.4 is 0 Å². The minimum Gasteiger partial charge on any atom is -0.327 e. The summed E-state index contributed by atoms with van der Waals surface area (Å²) in [5.74, 6) is 2.51. The van der Waals surface area contributed by atoms with Crippen molar-refractivity contribution < 1.29 is 4.79 Å². The van der Waals surface area contributed by atoms with Crippen LogP contribution in [-0.4, -0.2) is 67.1 Å². The summed E-state index contributed by atoms with van der Waals surface area (Å²) in [5, 5.41) is 8.78. The van der Waals surface area contributed by atoms with Crippen molar-refractivity contribution >= 4 is 5.91 Å². The predicted molar refractivity (Wildman–Crippen MR) is 86.3 cm³/mol. The molecule has 0 radical (unpaired) electrons. The Balaban J connectivity index is 1.50. The average Bonchev–Trinajstić information content (AvgIpc) is 3.05. The fraction of sp³-hybridized carbons (Fsp3) is 0.562. The fourth-order valence-corrected chi connectivity index (χ4v) is 3.47. The zero-order chi connectivity index (χ0) is 16.5. The summed E-state index contributed by atoms with van der Waals surface area (Å²) in [7, 11) is 2.16. The van der Waals surface area contributed by atoms with E-state index in [1.807, 2.05) is 0 Å². The smallest absolute Gasteiger partial charge is 0.292 e. The lowest BCUT2D eigenvalue weighted by Gasteiger charge is -2.31. The number of hydrogen-bond donors (Lipinski definition) is 0. The first-order valence-electron chi connectivity index (χ1n) is 8.39. The molecule has 0 saturated carbocycles. The lowest BCUT2D eigenvalue weighted by atomic mass is 9.96. The van der Waals surface area contributed by atoms with Crippen LogP contribution in [0, 0.1) is 0 Å². The van der Waals surface area contributed by atoms with Gasteiger partial charge in [0.15, 0.2) is 5.82 Å². The maximum absolute atomic E-state index is 12.5. The van der Waals surface area contributed by atoms with Crippen molar-refractivity contribution in [2.24, 2.45) is 0 Å². The molecule has 2 aliphatic heterocycles. The number of carbonyl (C=O) groups is 1. The van der Waals surface area contributed by atoms with Crippen molar-refractivity contribution in [3.05, 3.63) is 35.9 Å². The normalized spacial score (nSPS) is 19.3. The van der Waals surface area contributed by atoms with E-state index in [4.69, 9.17) is 0 Å². The monoisotopic (exact) mass is 327 g/mol. The summed E-state index contributed by atoms with van der Waals surface area (Å²) in [5.41, 5.74) is 0. The minimum atomic E-state index is -0.148. The topological polar surface area (TPSA) is 80.0 Å². The van der Waals surface area contributed by atoms with E-state index in [9.17, 15) is 4.79 Å². The van der Waals surface area contributed by atoms with Gasteiger partial charge in [-0.15, -0.1) is 10.2 Å². The Labute approximate surface area is 140 Å². The van der Waals surface area contributed by atoms with E-state index in [0.29, 0.717) is 19.0 Å². The molecule has 2 aromatic rings. The molecule has 0 atom stereocenters. The van der Waals surface area contributed by atoms with Gasteiger partial charge < -0.3 is 14.4 Å². The SMILES string of the molecule is CN1CCC(c2nnc3n2CCN(C(=O)c2ncccn2)C3)CC1. The van der Waals surface area contributed by atoms with E-state index in [2.05, 4.69) is 36.7 Å². The molecule has 1 fully saturated rings. The first-order valence-corrected chi connectivity index (χ1v) is 8.39. The van der Waals surface area contributed by atoms with Gasteiger partial charge in [0.1, 0.15) is 5.82 Å². The maximum Gasteiger partial charge on any atom is 0.292 e. The van der Waals surface area contributed by atoms with Gasteiger partial charge in [0, 0.05) is 31.4 Å². The molecular formula is C16H21N7O. The molecule has 0 aliphatic carbocycles.